The van der Waals surface area contributed by atoms with Crippen LogP contribution in [0.5, 0.6) is 5.75 Å². The van der Waals surface area contributed by atoms with Gasteiger partial charge >= 0.3 is 6.36 Å². The topological polar surface area (TPSA) is 117 Å². The first-order chi connectivity index (χ1) is 15.9. The molecule has 1 saturated carbocycles. The molecule has 1 aliphatic carbocycles. The van der Waals surface area contributed by atoms with Gasteiger partial charge < -0.3 is 25.6 Å². The van der Waals surface area contributed by atoms with Gasteiger partial charge in [0.05, 0.1) is 12.2 Å². The number of aliphatic hydroxyl groups is 2. The lowest BCUT2D eigenvalue weighted by Crippen LogP contribution is -2.55. The van der Waals surface area contributed by atoms with Crippen LogP contribution in [-0.4, -0.2) is 58.8 Å². The molecule has 0 aromatic heterocycles. The third-order valence-corrected chi connectivity index (χ3v) is 6.06. The maximum atomic E-state index is 12.4. The molecular weight excluding hydrogens is 481 g/mol. The van der Waals surface area contributed by atoms with E-state index in [1.807, 2.05) is 0 Å². The molecule has 0 bridgehead atoms. The minimum absolute atomic E-state index is 0.0168. The zero-order valence-electron chi connectivity index (χ0n) is 18.1. The number of fused-ring (bicyclic) bond motifs is 1. The van der Waals surface area contributed by atoms with Gasteiger partial charge in [0.25, 0.3) is 11.8 Å². The van der Waals surface area contributed by atoms with Gasteiger partial charge in [0.1, 0.15) is 5.75 Å². The van der Waals surface area contributed by atoms with Crippen LogP contribution in [0.4, 0.5) is 13.2 Å². The first-order valence-corrected chi connectivity index (χ1v) is 11.1. The van der Waals surface area contributed by atoms with Crippen LogP contribution in [0.15, 0.2) is 30.9 Å². The average molecular weight is 507 g/mol. The zero-order chi connectivity index (χ0) is 25.1. The normalized spacial score (nSPS) is 25.7. The molecule has 188 valence electrons. The molecule has 0 spiro atoms. The van der Waals surface area contributed by atoms with Crippen molar-refractivity contribution >= 4 is 23.4 Å². The number of hydrogen-bond donors (Lipinski definition) is 4. The van der Waals surface area contributed by atoms with Crippen molar-refractivity contribution < 1.29 is 42.4 Å². The maximum absolute atomic E-state index is 12.4. The summed E-state index contributed by atoms with van der Waals surface area (Å²) in [7, 11) is 0. The Hall–Kier alpha value is -2.34. The molecule has 12 heteroatoms. The molecule has 1 aliphatic heterocycles. The Morgan fingerprint density at radius 3 is 2.65 bits per heavy atom. The van der Waals surface area contributed by atoms with Crippen LogP contribution in [-0.2, 0) is 14.3 Å². The van der Waals surface area contributed by atoms with Crippen molar-refractivity contribution in [3.63, 3.8) is 0 Å². The van der Waals surface area contributed by atoms with Gasteiger partial charge in [-0.25, -0.2) is 0 Å². The van der Waals surface area contributed by atoms with E-state index in [9.17, 15) is 33.0 Å². The second-order valence-corrected chi connectivity index (χ2v) is 8.83. The predicted octanol–water partition coefficient (Wildman–Crippen LogP) is 2.52. The SMILES string of the molecule is C=CC(O)(CCCNC(=O)[C@H]1C[C@@H](O)c2cc(Cl)ccc2O1)C(=O)N[C@H]1C[C@@H](OC(F)(F)F)C1. The molecule has 1 unspecified atom stereocenters. The predicted molar refractivity (Wildman–Crippen MR) is 115 cm³/mol. The molecule has 3 atom stereocenters. The summed E-state index contributed by atoms with van der Waals surface area (Å²) in [6.07, 6.45) is -6.41. The number of alkyl halides is 3. The van der Waals surface area contributed by atoms with Gasteiger partial charge in [-0.3, -0.25) is 14.3 Å². The molecular formula is C22H26ClF3N2O6. The third kappa shape index (κ3) is 6.62. The second kappa shape index (κ2) is 10.5. The summed E-state index contributed by atoms with van der Waals surface area (Å²) in [5, 5.41) is 26.4. The molecule has 1 aromatic carbocycles. The summed E-state index contributed by atoms with van der Waals surface area (Å²) in [6.45, 7) is 3.57. The van der Waals surface area contributed by atoms with Crippen molar-refractivity contribution in [3.8, 4) is 5.75 Å². The molecule has 0 radical (unpaired) electrons. The van der Waals surface area contributed by atoms with Gasteiger partial charge in [-0.1, -0.05) is 24.3 Å². The molecule has 8 nitrogen and oxygen atoms in total. The summed E-state index contributed by atoms with van der Waals surface area (Å²) >= 11 is 5.92. The van der Waals surface area contributed by atoms with Crippen LogP contribution in [0.3, 0.4) is 0 Å². The molecule has 2 aliphatic rings. The molecule has 34 heavy (non-hydrogen) atoms. The van der Waals surface area contributed by atoms with E-state index in [0.717, 1.165) is 6.08 Å². The van der Waals surface area contributed by atoms with E-state index in [-0.39, 0.29) is 38.6 Å². The number of amides is 2. The first kappa shape index (κ1) is 26.3. The number of ether oxygens (including phenoxy) is 2. The molecule has 0 saturated heterocycles. The van der Waals surface area contributed by atoms with E-state index in [0.29, 0.717) is 16.3 Å². The summed E-state index contributed by atoms with van der Waals surface area (Å²) in [5.41, 5.74) is -1.45. The van der Waals surface area contributed by atoms with Crippen LogP contribution in [0.1, 0.15) is 43.8 Å². The van der Waals surface area contributed by atoms with Crippen molar-refractivity contribution in [2.24, 2.45) is 0 Å². The highest BCUT2D eigenvalue weighted by molar-refractivity contribution is 6.30. The Bertz CT molecular complexity index is 924. The fourth-order valence-electron chi connectivity index (χ4n) is 3.85. The van der Waals surface area contributed by atoms with Crippen LogP contribution in [0.25, 0.3) is 0 Å². The zero-order valence-corrected chi connectivity index (χ0v) is 18.9. The molecule has 4 N–H and O–H groups in total. The molecule has 1 heterocycles. The summed E-state index contributed by atoms with van der Waals surface area (Å²) in [6, 6.07) is 4.19. The standard InChI is InChI=1S/C22H26ClF3N2O6/c1-2-21(32,20(31)28-13-9-14(10-13)34-22(24,25)26)6-3-7-27-19(30)18-11-16(29)15-8-12(23)4-5-17(15)33-18/h2,4-5,8,13-14,16,18,29,32H,1,3,6-7,9-11H2,(H,27,30)(H,28,31)/t13-,14+,16-,18-,21?/m1/s1. The fraction of sp³-hybridized carbons (Fsp3) is 0.545. The quantitative estimate of drug-likeness (QED) is 0.302. The van der Waals surface area contributed by atoms with Crippen LogP contribution in [0, 0.1) is 0 Å². The van der Waals surface area contributed by atoms with Gasteiger partial charge in [0.2, 0.25) is 0 Å². The van der Waals surface area contributed by atoms with Gasteiger partial charge in [-0.15, -0.1) is 13.2 Å². The number of hydrogen-bond acceptors (Lipinski definition) is 6. The first-order valence-electron chi connectivity index (χ1n) is 10.7. The van der Waals surface area contributed by atoms with E-state index < -0.39 is 48.1 Å². The van der Waals surface area contributed by atoms with Crippen molar-refractivity contribution in [2.45, 2.75) is 68.4 Å². The van der Waals surface area contributed by atoms with E-state index >= 15 is 0 Å². The smallest absolute Gasteiger partial charge is 0.480 e. The monoisotopic (exact) mass is 506 g/mol. The van der Waals surface area contributed by atoms with Crippen molar-refractivity contribution in [1.82, 2.24) is 10.6 Å². The van der Waals surface area contributed by atoms with Gasteiger partial charge in [-0.2, -0.15) is 0 Å². The number of rotatable bonds is 9. The minimum Gasteiger partial charge on any atom is -0.480 e. The fourth-order valence-corrected chi connectivity index (χ4v) is 4.03. The lowest BCUT2D eigenvalue weighted by molar-refractivity contribution is -0.351. The molecule has 2 amide bonds. The summed E-state index contributed by atoms with van der Waals surface area (Å²) in [5.74, 6) is -0.880. The van der Waals surface area contributed by atoms with Crippen LogP contribution >= 0.6 is 11.6 Å². The Balaban J connectivity index is 1.41. The Kier molecular flexibility index (Phi) is 8.12. The van der Waals surface area contributed by atoms with E-state index in [2.05, 4.69) is 21.9 Å². The summed E-state index contributed by atoms with van der Waals surface area (Å²) < 4.78 is 46.1. The van der Waals surface area contributed by atoms with Crippen molar-refractivity contribution in [2.75, 3.05) is 6.54 Å². The molecule has 1 fully saturated rings. The second-order valence-electron chi connectivity index (χ2n) is 8.39. The highest BCUT2D eigenvalue weighted by Gasteiger charge is 2.42. The Morgan fingerprint density at radius 2 is 2.00 bits per heavy atom. The largest absolute Gasteiger partial charge is 0.522 e. The average Bonchev–Trinajstić information content (AvgIpc) is 2.74. The van der Waals surface area contributed by atoms with E-state index in [4.69, 9.17) is 16.3 Å². The highest BCUT2D eigenvalue weighted by atomic mass is 35.5. The third-order valence-electron chi connectivity index (χ3n) is 5.82. The lowest BCUT2D eigenvalue weighted by atomic mass is 9.87. The summed E-state index contributed by atoms with van der Waals surface area (Å²) in [4.78, 5) is 24.8. The Morgan fingerprint density at radius 1 is 1.29 bits per heavy atom. The molecule has 1 aromatic rings. The number of benzene rings is 1. The number of aliphatic hydroxyl groups excluding tert-OH is 1. The highest BCUT2D eigenvalue weighted by Crippen LogP contribution is 2.36. The van der Waals surface area contributed by atoms with Crippen LogP contribution < -0.4 is 15.4 Å². The number of carbonyl (C=O) groups excluding carboxylic acids is 2. The number of nitrogens with one attached hydrogen (secondary N) is 2. The van der Waals surface area contributed by atoms with E-state index in [1.165, 1.54) is 0 Å². The van der Waals surface area contributed by atoms with Crippen molar-refractivity contribution in [1.29, 1.82) is 0 Å². The minimum atomic E-state index is -4.73. The number of halogens is 4. The lowest BCUT2D eigenvalue weighted by Gasteiger charge is -2.37. The molecule has 3 rings (SSSR count). The van der Waals surface area contributed by atoms with Gasteiger partial charge in [-0.05, 0) is 43.9 Å². The van der Waals surface area contributed by atoms with Gasteiger partial charge in [0, 0.05) is 29.6 Å². The van der Waals surface area contributed by atoms with Gasteiger partial charge in [0.15, 0.2) is 11.7 Å². The maximum Gasteiger partial charge on any atom is 0.522 e. The van der Waals surface area contributed by atoms with E-state index in [1.54, 1.807) is 18.2 Å². The van der Waals surface area contributed by atoms with Crippen molar-refractivity contribution in [3.05, 3.63) is 41.4 Å². The van der Waals surface area contributed by atoms with Crippen LogP contribution in [0.2, 0.25) is 5.02 Å². The number of carbonyl (C=O) groups is 2. The Labute approximate surface area is 199 Å².